The van der Waals surface area contributed by atoms with Gasteiger partial charge in [-0.2, -0.15) is 15.4 Å². The van der Waals surface area contributed by atoms with E-state index >= 15 is 0 Å². The van der Waals surface area contributed by atoms with Gasteiger partial charge in [-0.05, 0) is 17.7 Å². The van der Waals surface area contributed by atoms with Crippen LogP contribution in [0.5, 0.6) is 0 Å². The Bertz CT molecular complexity index is 503. The zero-order valence-corrected chi connectivity index (χ0v) is 7.49. The lowest BCUT2D eigenvalue weighted by Crippen LogP contribution is -2.09. The Morgan fingerprint density at radius 1 is 1.13 bits per heavy atom. The van der Waals surface area contributed by atoms with Crippen LogP contribution in [-0.2, 0) is 0 Å². The summed E-state index contributed by atoms with van der Waals surface area (Å²) < 4.78 is 35.8. The molecule has 0 saturated heterocycles. The molecule has 0 unspecified atom stereocenters. The zero-order valence-electron chi connectivity index (χ0n) is 7.49. The largest absolute Gasteiger partial charge is 0.502 e. The summed E-state index contributed by atoms with van der Waals surface area (Å²) >= 11 is 0. The van der Waals surface area contributed by atoms with Gasteiger partial charge in [0.2, 0.25) is 0 Å². The molecule has 3 nitrogen and oxygen atoms in total. The monoisotopic (exact) mass is 212 g/mol. The standard InChI is InChI=1S/C8H6BF3N3/c10-9(11,12)4-3-6-1-2-7-8(5-6)14-15-13-7/h1-5H,(H,13,14,15)/q-1/b4-3+. The van der Waals surface area contributed by atoms with Crippen molar-refractivity contribution in [3.63, 3.8) is 0 Å². The van der Waals surface area contributed by atoms with E-state index in [1.165, 1.54) is 6.07 Å². The topological polar surface area (TPSA) is 41.6 Å². The number of rotatable bonds is 2. The van der Waals surface area contributed by atoms with Crippen LogP contribution in [0.15, 0.2) is 24.2 Å². The smallest absolute Gasteiger partial charge is 0.445 e. The van der Waals surface area contributed by atoms with Crippen LogP contribution in [0, 0.1) is 0 Å². The highest BCUT2D eigenvalue weighted by Crippen LogP contribution is 2.15. The second-order valence-corrected chi connectivity index (χ2v) is 3.06. The lowest BCUT2D eigenvalue weighted by molar-refractivity contribution is 0.499. The van der Waals surface area contributed by atoms with Gasteiger partial charge in [-0.15, -0.1) is 5.98 Å². The molecule has 0 amide bonds. The van der Waals surface area contributed by atoms with Crippen LogP contribution >= 0.6 is 0 Å². The Morgan fingerprint density at radius 2 is 1.87 bits per heavy atom. The Morgan fingerprint density at radius 3 is 2.60 bits per heavy atom. The molecular weight excluding hydrogens is 206 g/mol. The summed E-state index contributed by atoms with van der Waals surface area (Å²) in [5.41, 5.74) is 1.63. The van der Waals surface area contributed by atoms with Gasteiger partial charge in [-0.3, -0.25) is 0 Å². The van der Waals surface area contributed by atoms with Crippen LogP contribution in [0.25, 0.3) is 17.1 Å². The Kier molecular flexibility index (Phi) is 2.22. The maximum absolute atomic E-state index is 11.9. The van der Waals surface area contributed by atoms with Gasteiger partial charge >= 0.3 is 6.98 Å². The molecule has 78 valence electrons. The van der Waals surface area contributed by atoms with E-state index in [-0.39, 0.29) is 5.98 Å². The number of benzene rings is 1. The number of halogens is 3. The summed E-state index contributed by atoms with van der Waals surface area (Å²) in [5, 5.41) is 9.96. The second kappa shape index (κ2) is 3.41. The highest BCUT2D eigenvalue weighted by Gasteiger charge is 2.16. The molecule has 2 rings (SSSR count). The lowest BCUT2D eigenvalue weighted by atomic mass is 9.90. The van der Waals surface area contributed by atoms with Crippen molar-refractivity contribution in [1.29, 1.82) is 0 Å². The molecule has 1 N–H and O–H groups in total. The number of hydrogen-bond acceptors (Lipinski definition) is 2. The van der Waals surface area contributed by atoms with E-state index in [1.54, 1.807) is 12.1 Å². The Labute approximate surface area is 83.0 Å². The van der Waals surface area contributed by atoms with E-state index in [0.717, 1.165) is 6.08 Å². The number of H-pyrrole nitrogens is 1. The number of aromatic nitrogens is 3. The summed E-state index contributed by atoms with van der Waals surface area (Å²) in [6.45, 7) is -4.89. The molecule has 1 aromatic carbocycles. The summed E-state index contributed by atoms with van der Waals surface area (Å²) in [6.07, 6.45) is 1.02. The minimum Gasteiger partial charge on any atom is -0.445 e. The van der Waals surface area contributed by atoms with Gasteiger partial charge in [0.25, 0.3) is 0 Å². The Balaban J connectivity index is 2.33. The minimum absolute atomic E-state index is 0.251. The molecule has 15 heavy (non-hydrogen) atoms. The third kappa shape index (κ3) is 2.36. The van der Waals surface area contributed by atoms with Crippen molar-refractivity contribution >= 4 is 24.1 Å². The van der Waals surface area contributed by atoms with Crippen molar-refractivity contribution in [2.75, 3.05) is 0 Å². The maximum Gasteiger partial charge on any atom is 0.502 e. The number of hydrogen-bond donors (Lipinski definition) is 1. The number of fused-ring (bicyclic) bond motifs is 1. The summed E-state index contributed by atoms with van der Waals surface area (Å²) in [7, 11) is 0. The molecule has 0 aliphatic carbocycles. The average molecular weight is 212 g/mol. The second-order valence-electron chi connectivity index (χ2n) is 3.06. The first-order chi connectivity index (χ1) is 7.04. The summed E-state index contributed by atoms with van der Waals surface area (Å²) in [5.74, 6) is 0.251. The zero-order chi connectivity index (χ0) is 10.9. The van der Waals surface area contributed by atoms with Crippen molar-refractivity contribution in [3.8, 4) is 0 Å². The molecule has 1 heterocycles. The van der Waals surface area contributed by atoms with Crippen molar-refractivity contribution in [2.24, 2.45) is 0 Å². The number of nitrogens with zero attached hydrogens (tertiary/aromatic N) is 2. The lowest BCUT2D eigenvalue weighted by Gasteiger charge is -2.05. The van der Waals surface area contributed by atoms with Gasteiger partial charge in [0.15, 0.2) is 0 Å². The Hall–Kier alpha value is -1.79. The normalized spacial score (nSPS) is 12.7. The molecule has 1 aromatic heterocycles. The fraction of sp³-hybridized carbons (Fsp3) is 0. The van der Waals surface area contributed by atoms with Gasteiger partial charge in [0, 0.05) is 0 Å². The van der Waals surface area contributed by atoms with E-state index < -0.39 is 6.98 Å². The summed E-state index contributed by atoms with van der Waals surface area (Å²) in [6, 6.07) is 4.71. The molecule has 0 aliphatic heterocycles. The van der Waals surface area contributed by atoms with Crippen LogP contribution in [0.2, 0.25) is 0 Å². The molecule has 2 aromatic rings. The highest BCUT2D eigenvalue weighted by atomic mass is 19.4. The summed E-state index contributed by atoms with van der Waals surface area (Å²) in [4.78, 5) is 0. The van der Waals surface area contributed by atoms with Crippen molar-refractivity contribution < 1.29 is 12.9 Å². The van der Waals surface area contributed by atoms with E-state index in [0.29, 0.717) is 16.6 Å². The maximum atomic E-state index is 11.9. The fourth-order valence-corrected chi connectivity index (χ4v) is 1.18. The molecule has 0 bridgehead atoms. The first-order valence-corrected chi connectivity index (χ1v) is 4.24. The van der Waals surface area contributed by atoms with E-state index in [4.69, 9.17) is 0 Å². The fourth-order valence-electron chi connectivity index (χ4n) is 1.18. The van der Waals surface area contributed by atoms with Crippen molar-refractivity contribution in [3.05, 3.63) is 29.7 Å². The number of aromatic amines is 1. The van der Waals surface area contributed by atoms with Gasteiger partial charge in [0.05, 0.1) is 0 Å². The van der Waals surface area contributed by atoms with Crippen LogP contribution in [0.1, 0.15) is 5.56 Å². The predicted octanol–water partition coefficient (Wildman–Crippen LogP) is 2.36. The third-order valence-electron chi connectivity index (χ3n) is 1.85. The van der Waals surface area contributed by atoms with Gasteiger partial charge in [0.1, 0.15) is 11.0 Å². The van der Waals surface area contributed by atoms with Crippen molar-refractivity contribution in [1.82, 2.24) is 15.4 Å². The van der Waals surface area contributed by atoms with E-state index in [2.05, 4.69) is 15.4 Å². The number of nitrogens with one attached hydrogen (secondary N) is 1. The molecule has 7 heteroatoms. The molecule has 0 fully saturated rings. The van der Waals surface area contributed by atoms with Gasteiger partial charge < -0.3 is 12.9 Å². The van der Waals surface area contributed by atoms with Gasteiger partial charge in [-0.1, -0.05) is 12.1 Å². The molecular formula is C8H6BF3N3-. The predicted molar refractivity (Wildman–Crippen MR) is 52.0 cm³/mol. The first kappa shape index (κ1) is 9.76. The average Bonchev–Trinajstić information content (AvgIpc) is 2.60. The van der Waals surface area contributed by atoms with E-state index in [1.807, 2.05) is 0 Å². The highest BCUT2D eigenvalue weighted by molar-refractivity contribution is 6.64. The van der Waals surface area contributed by atoms with Crippen LogP contribution in [-0.4, -0.2) is 22.4 Å². The molecule has 0 saturated carbocycles. The molecule has 0 spiro atoms. The van der Waals surface area contributed by atoms with Crippen molar-refractivity contribution in [2.45, 2.75) is 0 Å². The van der Waals surface area contributed by atoms with Crippen LogP contribution in [0.3, 0.4) is 0 Å². The molecule has 0 radical (unpaired) electrons. The minimum atomic E-state index is -4.89. The van der Waals surface area contributed by atoms with Crippen LogP contribution < -0.4 is 0 Å². The molecule has 0 atom stereocenters. The quantitative estimate of drug-likeness (QED) is 0.776. The van der Waals surface area contributed by atoms with Gasteiger partial charge in [-0.25, -0.2) is 0 Å². The van der Waals surface area contributed by atoms with Crippen LogP contribution in [0.4, 0.5) is 12.9 Å². The first-order valence-electron chi connectivity index (χ1n) is 4.24. The SMILES string of the molecule is F[B-](F)(F)/C=C/c1ccc2n[nH]nc2c1. The molecule has 0 aliphatic rings. The third-order valence-corrected chi connectivity index (χ3v) is 1.85. The van der Waals surface area contributed by atoms with E-state index in [9.17, 15) is 12.9 Å².